The molecule has 0 saturated heterocycles. The summed E-state index contributed by atoms with van der Waals surface area (Å²) in [5.41, 5.74) is 1.20. The zero-order chi connectivity index (χ0) is 9.35. The topological polar surface area (TPSA) is 37.3 Å². The highest BCUT2D eigenvalue weighted by Gasteiger charge is 2.38. The molecule has 0 radical (unpaired) electrons. The summed E-state index contributed by atoms with van der Waals surface area (Å²) in [4.78, 5) is 11.3. The van der Waals surface area contributed by atoms with E-state index in [9.17, 15) is 4.79 Å². The standard InChI is InChI=1S/C10H16O2/c1-7-4-5-8(9(12)6-11)10(7,2)3/h4,8,11H,5-6H2,1-3H3/t8-/m0/s1. The maximum atomic E-state index is 11.3. The molecule has 1 aliphatic carbocycles. The molecule has 2 nitrogen and oxygen atoms in total. The van der Waals surface area contributed by atoms with Crippen LogP contribution in [0.25, 0.3) is 0 Å². The number of hydrogen-bond donors (Lipinski definition) is 1. The average molecular weight is 168 g/mol. The summed E-state index contributed by atoms with van der Waals surface area (Å²) < 4.78 is 0. The van der Waals surface area contributed by atoms with Gasteiger partial charge >= 0.3 is 0 Å². The van der Waals surface area contributed by atoms with Gasteiger partial charge in [-0.15, -0.1) is 0 Å². The summed E-state index contributed by atoms with van der Waals surface area (Å²) in [6, 6.07) is 0. The molecule has 0 saturated carbocycles. The predicted molar refractivity (Wildman–Crippen MR) is 47.7 cm³/mol. The van der Waals surface area contributed by atoms with Gasteiger partial charge in [0.2, 0.25) is 0 Å². The summed E-state index contributed by atoms with van der Waals surface area (Å²) in [6.07, 6.45) is 2.89. The van der Waals surface area contributed by atoms with E-state index in [1.54, 1.807) is 0 Å². The molecule has 0 unspecified atom stereocenters. The van der Waals surface area contributed by atoms with Crippen molar-refractivity contribution in [1.82, 2.24) is 0 Å². The van der Waals surface area contributed by atoms with Crippen LogP contribution in [-0.2, 0) is 4.79 Å². The van der Waals surface area contributed by atoms with Crippen molar-refractivity contribution in [2.45, 2.75) is 27.2 Å². The minimum absolute atomic E-state index is 0.0116. The van der Waals surface area contributed by atoms with Gasteiger partial charge in [-0.25, -0.2) is 0 Å². The van der Waals surface area contributed by atoms with Gasteiger partial charge in [0, 0.05) is 5.92 Å². The van der Waals surface area contributed by atoms with Gasteiger partial charge in [-0.3, -0.25) is 4.79 Å². The largest absolute Gasteiger partial charge is 0.389 e. The van der Waals surface area contributed by atoms with Gasteiger partial charge in [0.05, 0.1) is 0 Å². The maximum absolute atomic E-state index is 11.3. The number of Topliss-reactive ketones (excluding diaryl/α,β-unsaturated/α-hetero) is 1. The molecule has 0 aliphatic heterocycles. The highest BCUT2D eigenvalue weighted by atomic mass is 16.3. The van der Waals surface area contributed by atoms with Crippen LogP contribution in [0.4, 0.5) is 0 Å². The summed E-state index contributed by atoms with van der Waals surface area (Å²) in [5, 5.41) is 8.74. The van der Waals surface area contributed by atoms with Crippen LogP contribution in [0.3, 0.4) is 0 Å². The van der Waals surface area contributed by atoms with Crippen molar-refractivity contribution in [3.05, 3.63) is 11.6 Å². The van der Waals surface area contributed by atoms with E-state index in [-0.39, 0.29) is 23.7 Å². The number of rotatable bonds is 2. The Morgan fingerprint density at radius 1 is 1.75 bits per heavy atom. The monoisotopic (exact) mass is 168 g/mol. The van der Waals surface area contributed by atoms with Gasteiger partial charge in [0.15, 0.2) is 5.78 Å². The number of allylic oxidation sites excluding steroid dienone is 2. The van der Waals surface area contributed by atoms with Gasteiger partial charge < -0.3 is 5.11 Å². The number of aliphatic hydroxyl groups excluding tert-OH is 1. The van der Waals surface area contributed by atoms with E-state index in [0.717, 1.165) is 6.42 Å². The van der Waals surface area contributed by atoms with Crippen molar-refractivity contribution in [3.63, 3.8) is 0 Å². The molecular weight excluding hydrogens is 152 g/mol. The van der Waals surface area contributed by atoms with Crippen LogP contribution in [0.15, 0.2) is 11.6 Å². The molecule has 68 valence electrons. The maximum Gasteiger partial charge on any atom is 0.162 e. The van der Waals surface area contributed by atoms with Crippen LogP contribution in [0.5, 0.6) is 0 Å². The van der Waals surface area contributed by atoms with Gasteiger partial charge in [-0.2, -0.15) is 0 Å². The number of aliphatic hydroxyl groups is 1. The lowest BCUT2D eigenvalue weighted by atomic mass is 9.76. The van der Waals surface area contributed by atoms with E-state index < -0.39 is 0 Å². The fourth-order valence-corrected chi connectivity index (χ4v) is 1.77. The summed E-state index contributed by atoms with van der Waals surface area (Å²) >= 11 is 0. The quantitative estimate of drug-likeness (QED) is 0.635. The summed E-state index contributed by atoms with van der Waals surface area (Å²) in [5.74, 6) is -0.0457. The van der Waals surface area contributed by atoms with Crippen molar-refractivity contribution in [2.75, 3.05) is 6.61 Å². The molecule has 0 bridgehead atoms. The van der Waals surface area contributed by atoms with Crippen LogP contribution in [0.2, 0.25) is 0 Å². The Morgan fingerprint density at radius 2 is 2.33 bits per heavy atom. The zero-order valence-corrected chi connectivity index (χ0v) is 7.92. The second kappa shape index (κ2) is 3.02. The highest BCUT2D eigenvalue weighted by molar-refractivity contribution is 5.84. The number of carbonyl (C=O) groups excluding carboxylic acids is 1. The minimum Gasteiger partial charge on any atom is -0.389 e. The Morgan fingerprint density at radius 3 is 2.67 bits per heavy atom. The van der Waals surface area contributed by atoms with E-state index in [1.165, 1.54) is 5.57 Å². The van der Waals surface area contributed by atoms with Crippen molar-refractivity contribution in [1.29, 1.82) is 0 Å². The Hall–Kier alpha value is -0.630. The first-order chi connectivity index (χ1) is 5.50. The third kappa shape index (κ3) is 1.31. The predicted octanol–water partition coefficient (Wildman–Crippen LogP) is 1.54. The molecule has 1 rings (SSSR count). The third-order valence-corrected chi connectivity index (χ3v) is 3.09. The molecule has 0 aromatic rings. The average Bonchev–Trinajstić information content (AvgIpc) is 2.27. The molecule has 0 fully saturated rings. The van der Waals surface area contributed by atoms with Gasteiger partial charge in [-0.05, 0) is 18.8 Å². The Balaban J connectivity index is 2.80. The minimum atomic E-state index is -0.324. The molecule has 0 amide bonds. The lowest BCUT2D eigenvalue weighted by Gasteiger charge is -2.27. The van der Waals surface area contributed by atoms with E-state index in [1.807, 2.05) is 6.92 Å². The number of ketones is 1. The molecule has 1 atom stereocenters. The van der Waals surface area contributed by atoms with Crippen molar-refractivity contribution in [2.24, 2.45) is 11.3 Å². The Bertz CT molecular complexity index is 226. The first kappa shape index (κ1) is 9.46. The fourth-order valence-electron chi connectivity index (χ4n) is 1.77. The van der Waals surface area contributed by atoms with Crippen LogP contribution in [0.1, 0.15) is 27.2 Å². The Labute approximate surface area is 73.3 Å². The smallest absolute Gasteiger partial charge is 0.162 e. The van der Waals surface area contributed by atoms with E-state index in [0.29, 0.717) is 0 Å². The number of carbonyl (C=O) groups is 1. The first-order valence-electron chi connectivity index (χ1n) is 4.31. The van der Waals surface area contributed by atoms with Crippen LogP contribution in [0, 0.1) is 11.3 Å². The molecule has 0 spiro atoms. The van der Waals surface area contributed by atoms with E-state index in [4.69, 9.17) is 5.11 Å². The van der Waals surface area contributed by atoms with Crippen molar-refractivity contribution < 1.29 is 9.90 Å². The van der Waals surface area contributed by atoms with E-state index in [2.05, 4.69) is 19.9 Å². The molecule has 0 heterocycles. The second-order valence-corrected chi connectivity index (χ2v) is 4.02. The molecule has 1 N–H and O–H groups in total. The highest BCUT2D eigenvalue weighted by Crippen LogP contribution is 2.43. The van der Waals surface area contributed by atoms with Gasteiger partial charge in [0.25, 0.3) is 0 Å². The lowest BCUT2D eigenvalue weighted by molar-refractivity contribution is -0.127. The van der Waals surface area contributed by atoms with Gasteiger partial charge in [-0.1, -0.05) is 25.5 Å². The van der Waals surface area contributed by atoms with Crippen molar-refractivity contribution >= 4 is 5.78 Å². The molecule has 0 aromatic heterocycles. The SMILES string of the molecule is CC1=CC[C@@H](C(=O)CO)C1(C)C. The third-order valence-electron chi connectivity index (χ3n) is 3.09. The first-order valence-corrected chi connectivity index (χ1v) is 4.31. The molecule has 12 heavy (non-hydrogen) atoms. The van der Waals surface area contributed by atoms with Gasteiger partial charge in [0.1, 0.15) is 6.61 Å². The second-order valence-electron chi connectivity index (χ2n) is 4.02. The van der Waals surface area contributed by atoms with Crippen LogP contribution < -0.4 is 0 Å². The summed E-state index contributed by atoms with van der Waals surface area (Å²) in [7, 11) is 0. The summed E-state index contributed by atoms with van der Waals surface area (Å²) in [6.45, 7) is 5.84. The Kier molecular flexibility index (Phi) is 2.38. The molecule has 0 aromatic carbocycles. The zero-order valence-electron chi connectivity index (χ0n) is 7.92. The van der Waals surface area contributed by atoms with Crippen LogP contribution >= 0.6 is 0 Å². The fraction of sp³-hybridized carbons (Fsp3) is 0.700. The molecular formula is C10H16O2. The van der Waals surface area contributed by atoms with Crippen molar-refractivity contribution in [3.8, 4) is 0 Å². The lowest BCUT2D eigenvalue weighted by Crippen LogP contribution is -2.29. The normalized spacial score (nSPS) is 27.0. The molecule has 2 heteroatoms. The van der Waals surface area contributed by atoms with Crippen LogP contribution in [-0.4, -0.2) is 17.5 Å². The number of hydrogen-bond acceptors (Lipinski definition) is 2. The molecule has 1 aliphatic rings. The van der Waals surface area contributed by atoms with E-state index >= 15 is 0 Å².